The summed E-state index contributed by atoms with van der Waals surface area (Å²) >= 11 is 0. The number of carbonyl (C=O) groups is 2. The van der Waals surface area contributed by atoms with Crippen LogP contribution in [0.4, 0.5) is 5.69 Å². The van der Waals surface area contributed by atoms with E-state index < -0.39 is 12.0 Å². The number of hydrogen-bond acceptors (Lipinski definition) is 5. The lowest BCUT2D eigenvalue weighted by molar-refractivity contribution is -0.909. The fourth-order valence-corrected chi connectivity index (χ4v) is 3.06. The Morgan fingerprint density at radius 3 is 2.63 bits per heavy atom. The predicted octanol–water partition coefficient (Wildman–Crippen LogP) is -2.60. The molecule has 1 saturated heterocycles. The van der Waals surface area contributed by atoms with Gasteiger partial charge in [-0.3, -0.25) is 4.79 Å². The molecule has 0 aliphatic carbocycles. The zero-order valence-electron chi connectivity index (χ0n) is 15.9. The number of morpholine rings is 1. The fourth-order valence-electron chi connectivity index (χ4n) is 3.06. The number of amides is 1. The first kappa shape index (κ1) is 21.1. The van der Waals surface area contributed by atoms with Crippen LogP contribution in [0.15, 0.2) is 24.3 Å². The van der Waals surface area contributed by atoms with E-state index in [1.165, 1.54) is 4.90 Å². The second-order valence-electron chi connectivity index (χ2n) is 6.63. The summed E-state index contributed by atoms with van der Waals surface area (Å²) in [5.74, 6) is -0.835. The smallest absolute Gasteiger partial charge is 0.230 e. The van der Waals surface area contributed by atoms with Crippen molar-refractivity contribution in [2.24, 2.45) is 0 Å². The Labute approximate surface area is 159 Å². The monoisotopic (exact) mass is 380 g/mol. The number of benzene rings is 1. The van der Waals surface area contributed by atoms with Gasteiger partial charge >= 0.3 is 0 Å². The van der Waals surface area contributed by atoms with Gasteiger partial charge in [0.25, 0.3) is 0 Å². The molecule has 27 heavy (non-hydrogen) atoms. The van der Waals surface area contributed by atoms with E-state index in [1.807, 2.05) is 6.92 Å². The molecule has 1 amide bonds. The number of rotatable bonds is 11. The minimum Gasteiger partial charge on any atom is -0.544 e. The lowest BCUT2D eigenvalue weighted by Crippen LogP contribution is -3.14. The number of aliphatic carboxylic acids is 1. The maximum atomic E-state index is 12.1. The Morgan fingerprint density at radius 2 is 2.00 bits per heavy atom. The molecule has 2 rings (SSSR count). The average molecular weight is 380 g/mol. The zero-order valence-corrected chi connectivity index (χ0v) is 15.9. The first-order chi connectivity index (χ1) is 13.1. The highest BCUT2D eigenvalue weighted by Gasteiger charge is 2.19. The molecule has 1 aromatic rings. The number of carboxylic acids is 1. The van der Waals surface area contributed by atoms with Crippen LogP contribution < -0.4 is 25.4 Å². The molecule has 8 heteroatoms. The molecule has 1 fully saturated rings. The van der Waals surface area contributed by atoms with Gasteiger partial charge in [0.05, 0.1) is 45.3 Å². The largest absolute Gasteiger partial charge is 0.544 e. The first-order valence-corrected chi connectivity index (χ1v) is 9.56. The Kier molecular flexibility index (Phi) is 9.03. The van der Waals surface area contributed by atoms with E-state index in [4.69, 9.17) is 9.47 Å². The van der Waals surface area contributed by atoms with Gasteiger partial charge in [-0.2, -0.15) is 0 Å². The molecular weight excluding hydrogens is 350 g/mol. The summed E-state index contributed by atoms with van der Waals surface area (Å²) in [5.41, 5.74) is 0.608. The fraction of sp³-hybridized carbons (Fsp3) is 0.579. The molecule has 0 saturated carbocycles. The van der Waals surface area contributed by atoms with Gasteiger partial charge in [-0.05, 0) is 31.2 Å². The van der Waals surface area contributed by atoms with Crippen molar-refractivity contribution in [3.05, 3.63) is 24.3 Å². The molecule has 1 heterocycles. The van der Waals surface area contributed by atoms with Crippen molar-refractivity contribution < 1.29 is 34.4 Å². The summed E-state index contributed by atoms with van der Waals surface area (Å²) in [7, 11) is 0. The van der Waals surface area contributed by atoms with Gasteiger partial charge in [0.2, 0.25) is 5.91 Å². The maximum absolute atomic E-state index is 12.1. The van der Waals surface area contributed by atoms with Crippen LogP contribution in [-0.2, 0) is 14.3 Å². The third-order valence-electron chi connectivity index (χ3n) is 4.54. The van der Waals surface area contributed by atoms with Gasteiger partial charge in [0.1, 0.15) is 24.9 Å². The third-order valence-corrected chi connectivity index (χ3v) is 4.54. The summed E-state index contributed by atoms with van der Waals surface area (Å²) in [6, 6.07) is 6.09. The minimum absolute atomic E-state index is 0.125. The maximum Gasteiger partial charge on any atom is 0.230 e. The van der Waals surface area contributed by atoms with Crippen molar-refractivity contribution in [3.63, 3.8) is 0 Å². The SMILES string of the molecule is CCOc1ccc(NC(=O)C[C@H]([NH2+]CCC[NH+]2CCOCC2)C(=O)[O-])cc1. The van der Waals surface area contributed by atoms with E-state index >= 15 is 0 Å². The Hall–Kier alpha value is -2.16. The number of nitrogens with two attached hydrogens (primary N) is 1. The van der Waals surface area contributed by atoms with E-state index in [0.717, 1.165) is 45.0 Å². The summed E-state index contributed by atoms with van der Waals surface area (Å²) in [6.45, 7) is 7.66. The van der Waals surface area contributed by atoms with Crippen LogP contribution in [0.25, 0.3) is 0 Å². The molecule has 8 nitrogen and oxygen atoms in total. The molecule has 1 aliphatic heterocycles. The summed E-state index contributed by atoms with van der Waals surface area (Å²) in [4.78, 5) is 25.0. The molecule has 4 N–H and O–H groups in total. The molecule has 1 aromatic carbocycles. The van der Waals surface area contributed by atoms with Crippen LogP contribution in [0.2, 0.25) is 0 Å². The third kappa shape index (κ3) is 7.94. The molecule has 0 unspecified atom stereocenters. The molecule has 1 aliphatic rings. The first-order valence-electron chi connectivity index (χ1n) is 9.56. The molecule has 0 bridgehead atoms. The van der Waals surface area contributed by atoms with Gasteiger partial charge in [0.15, 0.2) is 0 Å². The van der Waals surface area contributed by atoms with Crippen molar-refractivity contribution in [1.82, 2.24) is 0 Å². The standard InChI is InChI=1S/C19H29N3O5/c1-2-27-16-6-4-15(5-7-16)21-18(23)14-17(19(24)25)20-8-3-9-22-10-12-26-13-11-22/h4-7,17,20H,2-3,8-14H2,1H3,(H,21,23)(H,24,25)/p+1/t17-/m0/s1. The molecule has 0 radical (unpaired) electrons. The quantitative estimate of drug-likeness (QED) is 0.365. The molecule has 150 valence electrons. The highest BCUT2D eigenvalue weighted by molar-refractivity contribution is 5.93. The molecule has 1 atom stereocenters. The van der Waals surface area contributed by atoms with Crippen molar-refractivity contribution >= 4 is 17.6 Å². The van der Waals surface area contributed by atoms with Crippen LogP contribution in [0, 0.1) is 0 Å². The number of carboxylic acid groups (broad SMARTS) is 1. The van der Waals surface area contributed by atoms with Crippen LogP contribution >= 0.6 is 0 Å². The zero-order chi connectivity index (χ0) is 19.5. The Bertz CT molecular complexity index is 588. The van der Waals surface area contributed by atoms with Gasteiger partial charge in [-0.25, -0.2) is 0 Å². The van der Waals surface area contributed by atoms with Crippen LogP contribution in [0.3, 0.4) is 0 Å². The van der Waals surface area contributed by atoms with Crippen molar-refractivity contribution in [2.75, 3.05) is 51.3 Å². The number of ether oxygens (including phenoxy) is 2. The Balaban J connectivity index is 1.71. The van der Waals surface area contributed by atoms with Gasteiger partial charge < -0.3 is 34.9 Å². The summed E-state index contributed by atoms with van der Waals surface area (Å²) in [6.07, 6.45) is 0.763. The van der Waals surface area contributed by atoms with E-state index in [0.29, 0.717) is 18.8 Å². The molecular formula is C19H30N3O5+. The second kappa shape index (κ2) is 11.5. The average Bonchev–Trinajstić information content (AvgIpc) is 2.66. The van der Waals surface area contributed by atoms with E-state index in [9.17, 15) is 14.7 Å². The lowest BCUT2D eigenvalue weighted by atomic mass is 10.2. The van der Waals surface area contributed by atoms with E-state index in [1.54, 1.807) is 29.6 Å². The van der Waals surface area contributed by atoms with E-state index in [-0.39, 0.29) is 12.3 Å². The number of carbonyl (C=O) groups excluding carboxylic acids is 2. The second-order valence-corrected chi connectivity index (χ2v) is 6.63. The topological polar surface area (TPSA) is 109 Å². The lowest BCUT2D eigenvalue weighted by Gasteiger charge is -2.23. The van der Waals surface area contributed by atoms with E-state index in [2.05, 4.69) is 5.32 Å². The highest BCUT2D eigenvalue weighted by Crippen LogP contribution is 2.15. The molecule has 0 spiro atoms. The van der Waals surface area contributed by atoms with Crippen LogP contribution in [0.5, 0.6) is 5.75 Å². The number of anilines is 1. The van der Waals surface area contributed by atoms with Crippen LogP contribution in [-0.4, -0.2) is 63.9 Å². The highest BCUT2D eigenvalue weighted by atomic mass is 16.5. The number of quaternary nitrogens is 2. The number of hydrogen-bond donors (Lipinski definition) is 3. The van der Waals surface area contributed by atoms with Crippen LogP contribution in [0.1, 0.15) is 19.8 Å². The van der Waals surface area contributed by atoms with Crippen molar-refractivity contribution in [1.29, 1.82) is 0 Å². The van der Waals surface area contributed by atoms with Gasteiger partial charge in [0, 0.05) is 12.1 Å². The Morgan fingerprint density at radius 1 is 1.30 bits per heavy atom. The normalized spacial score (nSPS) is 15.9. The summed E-state index contributed by atoms with van der Waals surface area (Å²) in [5, 5.41) is 15.7. The van der Waals surface area contributed by atoms with Gasteiger partial charge in [-0.1, -0.05) is 0 Å². The molecule has 0 aromatic heterocycles. The predicted molar refractivity (Wildman–Crippen MR) is 97.4 cm³/mol. The number of nitrogens with one attached hydrogen (secondary N) is 2. The van der Waals surface area contributed by atoms with Crippen molar-refractivity contribution in [2.45, 2.75) is 25.8 Å². The van der Waals surface area contributed by atoms with Crippen molar-refractivity contribution in [3.8, 4) is 5.75 Å². The van der Waals surface area contributed by atoms with Gasteiger partial charge in [-0.15, -0.1) is 0 Å². The minimum atomic E-state index is -1.21. The summed E-state index contributed by atoms with van der Waals surface area (Å²) < 4.78 is 10.7.